The summed E-state index contributed by atoms with van der Waals surface area (Å²) in [5.41, 5.74) is 0. The molecule has 0 aromatic carbocycles. The van der Waals surface area contributed by atoms with Crippen molar-refractivity contribution in [1.82, 2.24) is 29.8 Å². The summed E-state index contributed by atoms with van der Waals surface area (Å²) in [5.74, 6) is -0.375. The largest absolute Gasteiger partial charge is 0.363 e. The average Bonchev–Trinajstić information content (AvgIpc) is 3.83. The SMILES string of the molecule is CCCNC1(O)CCCN1C(CCN1CCCC1=O)CC(CC(CC(C)N1CCCC1=O)N1CCCC1=O)N1CCCC1=O. The van der Waals surface area contributed by atoms with E-state index in [9.17, 15) is 24.3 Å². The molecule has 4 amide bonds. The quantitative estimate of drug-likeness (QED) is 0.256. The van der Waals surface area contributed by atoms with E-state index in [1.807, 2.05) is 19.6 Å². The number of hydrogen-bond acceptors (Lipinski definition) is 7. The lowest BCUT2D eigenvalue weighted by molar-refractivity contribution is -0.138. The highest BCUT2D eigenvalue weighted by molar-refractivity contribution is 5.80. The van der Waals surface area contributed by atoms with E-state index < -0.39 is 5.85 Å². The smallest absolute Gasteiger partial charge is 0.222 e. The number of likely N-dealkylation sites (tertiary alicyclic amines) is 5. The lowest BCUT2D eigenvalue weighted by Crippen LogP contribution is -2.60. The fourth-order valence-electron chi connectivity index (χ4n) is 8.57. The monoisotopic (exact) mass is 616 g/mol. The highest BCUT2D eigenvalue weighted by Crippen LogP contribution is 2.34. The molecule has 5 heterocycles. The molecule has 11 heteroatoms. The third kappa shape index (κ3) is 7.58. The summed E-state index contributed by atoms with van der Waals surface area (Å²) in [4.78, 5) is 61.8. The van der Waals surface area contributed by atoms with Crippen molar-refractivity contribution in [3.63, 3.8) is 0 Å². The minimum atomic E-state index is -1.11. The standard InChI is InChI=1S/C33H56N6O5/c1-3-15-34-33(44)14-8-20-39(33)26(13-21-35-16-4-9-29(35)40)23-28(38-19-7-12-32(38)43)24-27(37-18-6-11-31(37)42)22-25(2)36-17-5-10-30(36)41/h25-28,34,44H,3-24H2,1-2H3. The summed E-state index contributed by atoms with van der Waals surface area (Å²) in [6, 6.07) is -0.174. The molecule has 5 fully saturated rings. The fourth-order valence-corrected chi connectivity index (χ4v) is 8.57. The first-order chi connectivity index (χ1) is 21.2. The van der Waals surface area contributed by atoms with E-state index in [4.69, 9.17) is 0 Å². The van der Waals surface area contributed by atoms with Crippen molar-refractivity contribution < 1.29 is 24.3 Å². The van der Waals surface area contributed by atoms with Gasteiger partial charge < -0.3 is 24.7 Å². The molecule has 5 atom stereocenters. The number of carbonyl (C=O) groups is 4. The van der Waals surface area contributed by atoms with Crippen LogP contribution in [0.3, 0.4) is 0 Å². The molecule has 5 aliphatic rings. The average molecular weight is 617 g/mol. The Morgan fingerprint density at radius 1 is 0.705 bits per heavy atom. The van der Waals surface area contributed by atoms with Crippen LogP contribution >= 0.6 is 0 Å². The number of rotatable bonds is 16. The maximum absolute atomic E-state index is 13.3. The van der Waals surface area contributed by atoms with Crippen LogP contribution in [-0.2, 0) is 19.2 Å². The van der Waals surface area contributed by atoms with Gasteiger partial charge in [-0.15, -0.1) is 0 Å². The summed E-state index contributed by atoms with van der Waals surface area (Å²) in [6.45, 7) is 9.29. The second-order valence-corrected chi connectivity index (χ2v) is 13.9. The first kappa shape index (κ1) is 33.1. The zero-order valence-corrected chi connectivity index (χ0v) is 27.2. The molecule has 0 radical (unpaired) electrons. The second-order valence-electron chi connectivity index (χ2n) is 13.9. The maximum atomic E-state index is 13.3. The Kier molecular flexibility index (Phi) is 11.2. The third-order valence-corrected chi connectivity index (χ3v) is 10.8. The summed E-state index contributed by atoms with van der Waals surface area (Å²) in [5, 5.41) is 15.3. The van der Waals surface area contributed by atoms with Gasteiger partial charge in [-0.25, -0.2) is 0 Å². The molecular formula is C33H56N6O5. The van der Waals surface area contributed by atoms with Gasteiger partial charge >= 0.3 is 0 Å². The van der Waals surface area contributed by atoms with Gasteiger partial charge in [0.25, 0.3) is 0 Å². The fraction of sp³-hybridized carbons (Fsp3) is 0.879. The van der Waals surface area contributed by atoms with Gasteiger partial charge in [-0.1, -0.05) is 6.92 Å². The van der Waals surface area contributed by atoms with Crippen LogP contribution in [0.5, 0.6) is 0 Å². The summed E-state index contributed by atoms with van der Waals surface area (Å²) < 4.78 is 0. The van der Waals surface area contributed by atoms with Gasteiger partial charge in [0.1, 0.15) is 0 Å². The molecule has 0 bridgehead atoms. The zero-order chi connectivity index (χ0) is 31.3. The zero-order valence-electron chi connectivity index (χ0n) is 27.2. The Balaban J connectivity index is 1.40. The number of hydrogen-bond donors (Lipinski definition) is 2. The Morgan fingerprint density at radius 3 is 1.80 bits per heavy atom. The van der Waals surface area contributed by atoms with Gasteiger partial charge in [-0.05, 0) is 77.7 Å². The van der Waals surface area contributed by atoms with E-state index in [-0.39, 0.29) is 47.8 Å². The number of aliphatic hydroxyl groups is 1. The summed E-state index contributed by atoms with van der Waals surface area (Å²) in [7, 11) is 0. The normalized spacial score (nSPS) is 27.8. The Bertz CT molecular complexity index is 1040. The van der Waals surface area contributed by atoms with Crippen LogP contribution in [0.1, 0.15) is 110 Å². The minimum Gasteiger partial charge on any atom is -0.363 e. The molecule has 5 aliphatic heterocycles. The van der Waals surface area contributed by atoms with E-state index >= 15 is 0 Å². The van der Waals surface area contributed by atoms with Crippen molar-refractivity contribution in [2.45, 2.75) is 140 Å². The molecule has 5 saturated heterocycles. The first-order valence-electron chi connectivity index (χ1n) is 17.6. The molecule has 11 nitrogen and oxygen atoms in total. The van der Waals surface area contributed by atoms with Crippen molar-refractivity contribution in [3.05, 3.63) is 0 Å². The number of nitrogens with zero attached hydrogens (tertiary/aromatic N) is 5. The van der Waals surface area contributed by atoms with Crippen molar-refractivity contribution in [3.8, 4) is 0 Å². The lowest BCUT2D eigenvalue weighted by Gasteiger charge is -2.44. The van der Waals surface area contributed by atoms with Gasteiger partial charge in [-0.2, -0.15) is 0 Å². The first-order valence-corrected chi connectivity index (χ1v) is 17.6. The molecule has 248 valence electrons. The molecule has 0 aliphatic carbocycles. The topological polar surface area (TPSA) is 117 Å². The van der Waals surface area contributed by atoms with Crippen molar-refractivity contribution in [1.29, 1.82) is 0 Å². The van der Waals surface area contributed by atoms with E-state index in [0.29, 0.717) is 71.0 Å². The lowest BCUT2D eigenvalue weighted by atomic mass is 9.91. The van der Waals surface area contributed by atoms with Crippen LogP contribution in [0, 0.1) is 0 Å². The van der Waals surface area contributed by atoms with Crippen molar-refractivity contribution >= 4 is 23.6 Å². The predicted molar refractivity (Wildman–Crippen MR) is 167 cm³/mol. The van der Waals surface area contributed by atoms with Crippen molar-refractivity contribution in [2.75, 3.05) is 45.8 Å². The van der Waals surface area contributed by atoms with Gasteiger partial charge in [0.15, 0.2) is 5.85 Å². The van der Waals surface area contributed by atoms with Crippen LogP contribution in [0.15, 0.2) is 0 Å². The van der Waals surface area contributed by atoms with Crippen LogP contribution in [0.25, 0.3) is 0 Å². The van der Waals surface area contributed by atoms with Crippen molar-refractivity contribution in [2.24, 2.45) is 0 Å². The van der Waals surface area contributed by atoms with Gasteiger partial charge in [-0.3, -0.25) is 29.4 Å². The molecule has 0 spiro atoms. The number of nitrogens with one attached hydrogen (secondary N) is 1. The minimum absolute atomic E-state index is 0.0252. The molecule has 0 saturated carbocycles. The molecule has 5 rings (SSSR count). The van der Waals surface area contributed by atoms with Crippen LogP contribution < -0.4 is 5.32 Å². The van der Waals surface area contributed by atoms with E-state index in [0.717, 1.165) is 71.1 Å². The highest BCUT2D eigenvalue weighted by Gasteiger charge is 2.45. The Morgan fingerprint density at radius 2 is 1.25 bits per heavy atom. The Labute approximate surface area is 263 Å². The molecule has 0 aromatic heterocycles. The molecule has 0 aromatic rings. The van der Waals surface area contributed by atoms with Gasteiger partial charge in [0, 0.05) is 95.5 Å². The van der Waals surface area contributed by atoms with Gasteiger partial charge in [0.2, 0.25) is 23.6 Å². The van der Waals surface area contributed by atoms with E-state index in [1.54, 1.807) is 0 Å². The molecule has 5 unspecified atom stereocenters. The number of carbonyl (C=O) groups excluding carboxylic acids is 4. The summed E-state index contributed by atoms with van der Waals surface area (Å²) in [6.07, 6.45) is 11.0. The van der Waals surface area contributed by atoms with E-state index in [2.05, 4.69) is 24.1 Å². The van der Waals surface area contributed by atoms with Crippen LogP contribution in [0.2, 0.25) is 0 Å². The van der Waals surface area contributed by atoms with E-state index in [1.165, 1.54) is 0 Å². The van der Waals surface area contributed by atoms with Crippen LogP contribution in [-0.4, -0.2) is 129 Å². The predicted octanol–water partition coefficient (Wildman–Crippen LogP) is 2.27. The summed E-state index contributed by atoms with van der Waals surface area (Å²) >= 11 is 0. The number of amides is 4. The Hall–Kier alpha value is -2.24. The second kappa shape index (κ2) is 14.9. The maximum Gasteiger partial charge on any atom is 0.222 e. The molecule has 2 N–H and O–H groups in total. The highest BCUT2D eigenvalue weighted by atomic mass is 16.3. The molecule has 44 heavy (non-hydrogen) atoms. The third-order valence-electron chi connectivity index (χ3n) is 10.8. The molecular weight excluding hydrogens is 560 g/mol. The van der Waals surface area contributed by atoms with Gasteiger partial charge in [0.05, 0.1) is 0 Å². The van der Waals surface area contributed by atoms with Crippen LogP contribution in [0.4, 0.5) is 0 Å².